The number of halogens is 5. The van der Waals surface area contributed by atoms with Crippen LogP contribution in [0.25, 0.3) is 0 Å². The van der Waals surface area contributed by atoms with Gasteiger partial charge in [0.1, 0.15) is 11.4 Å². The van der Waals surface area contributed by atoms with Gasteiger partial charge in [-0.1, -0.05) is 6.42 Å². The van der Waals surface area contributed by atoms with Crippen molar-refractivity contribution < 1.29 is 23.1 Å². The Morgan fingerprint density at radius 1 is 1.16 bits per heavy atom. The molecule has 10 heteroatoms. The van der Waals surface area contributed by atoms with E-state index in [9.17, 15) is 23.1 Å². The quantitative estimate of drug-likeness (QED) is 0.485. The molecule has 4 rings (SSSR count). The van der Waals surface area contributed by atoms with Crippen molar-refractivity contribution in [1.82, 2.24) is 10.2 Å². The SMILES string of the molecule is Cl.O=C(c1ccc(F)c(F)c1Nc1ccc(I)cc1F)N1CC(O)([C@@H]2CCCCN2)C1. The third-order valence-electron chi connectivity index (χ3n) is 5.69. The Labute approximate surface area is 197 Å². The highest BCUT2D eigenvalue weighted by atomic mass is 127. The van der Waals surface area contributed by atoms with Gasteiger partial charge in [0.15, 0.2) is 11.6 Å². The fourth-order valence-electron chi connectivity index (χ4n) is 4.04. The second-order valence-electron chi connectivity index (χ2n) is 7.80. The van der Waals surface area contributed by atoms with Crippen LogP contribution in [0.15, 0.2) is 30.3 Å². The molecule has 168 valence electrons. The van der Waals surface area contributed by atoms with E-state index in [-0.39, 0.29) is 42.8 Å². The molecule has 0 aliphatic carbocycles. The molecule has 0 spiro atoms. The number of amides is 1. The van der Waals surface area contributed by atoms with E-state index in [2.05, 4.69) is 10.6 Å². The molecule has 3 N–H and O–H groups in total. The second-order valence-corrected chi connectivity index (χ2v) is 9.05. The van der Waals surface area contributed by atoms with Crippen LogP contribution in [0.5, 0.6) is 0 Å². The molecule has 2 fully saturated rings. The first-order valence-electron chi connectivity index (χ1n) is 9.73. The normalized spacial score (nSPS) is 19.9. The molecule has 2 aromatic rings. The summed E-state index contributed by atoms with van der Waals surface area (Å²) < 4.78 is 43.3. The second kappa shape index (κ2) is 9.51. The van der Waals surface area contributed by atoms with Gasteiger partial charge in [-0.3, -0.25) is 4.79 Å². The molecule has 31 heavy (non-hydrogen) atoms. The summed E-state index contributed by atoms with van der Waals surface area (Å²) in [6.45, 7) is 1.01. The molecule has 2 saturated heterocycles. The number of β-amino-alcohol motifs (C(OH)–C–C–N with tert-alkyl or cyclic N) is 1. The number of carbonyl (C=O) groups excluding carboxylic acids is 1. The van der Waals surface area contributed by atoms with Crippen LogP contribution in [0.4, 0.5) is 24.5 Å². The Kier molecular flexibility index (Phi) is 7.39. The van der Waals surface area contributed by atoms with Crippen molar-refractivity contribution in [2.75, 3.05) is 25.0 Å². The summed E-state index contributed by atoms with van der Waals surface area (Å²) in [5, 5.41) is 16.6. The van der Waals surface area contributed by atoms with Crippen molar-refractivity contribution in [3.63, 3.8) is 0 Å². The molecule has 0 radical (unpaired) electrons. The standard InChI is InChI=1S/C21H21F3IN3O2.ClH/c22-14-6-5-13(19(18(14)24)27-16-7-4-12(25)9-15(16)23)20(29)28-10-21(30,11-28)17-3-1-2-8-26-17;/h4-7,9,17,26-27,30H,1-3,8,10-11H2;1H/t17-;/m0./s1. The van der Waals surface area contributed by atoms with Gasteiger partial charge < -0.3 is 20.6 Å². The summed E-state index contributed by atoms with van der Waals surface area (Å²) in [6, 6.07) is 6.19. The Morgan fingerprint density at radius 2 is 1.90 bits per heavy atom. The number of piperidine rings is 1. The highest BCUT2D eigenvalue weighted by molar-refractivity contribution is 14.1. The first-order valence-corrected chi connectivity index (χ1v) is 10.8. The number of benzene rings is 2. The number of anilines is 2. The van der Waals surface area contributed by atoms with Crippen LogP contribution in [0.1, 0.15) is 29.6 Å². The van der Waals surface area contributed by atoms with Crippen LogP contribution in [0.2, 0.25) is 0 Å². The summed E-state index contributed by atoms with van der Waals surface area (Å²) in [7, 11) is 0. The van der Waals surface area contributed by atoms with Crippen molar-refractivity contribution >= 4 is 52.3 Å². The van der Waals surface area contributed by atoms with Crippen molar-refractivity contribution in [3.05, 3.63) is 56.9 Å². The lowest BCUT2D eigenvalue weighted by Gasteiger charge is -2.51. The van der Waals surface area contributed by atoms with E-state index < -0.39 is 34.6 Å². The third kappa shape index (κ3) is 4.79. The third-order valence-corrected chi connectivity index (χ3v) is 6.36. The zero-order valence-corrected chi connectivity index (χ0v) is 19.4. The Hall–Kier alpha value is -1.56. The maximum Gasteiger partial charge on any atom is 0.256 e. The fourth-order valence-corrected chi connectivity index (χ4v) is 4.49. The zero-order valence-electron chi connectivity index (χ0n) is 16.4. The van der Waals surface area contributed by atoms with E-state index in [0.717, 1.165) is 31.9 Å². The number of likely N-dealkylation sites (tertiary alicyclic amines) is 1. The molecular weight excluding hydrogens is 546 g/mol. The van der Waals surface area contributed by atoms with Crippen molar-refractivity contribution in [1.29, 1.82) is 0 Å². The van der Waals surface area contributed by atoms with Crippen molar-refractivity contribution in [2.24, 2.45) is 0 Å². The minimum atomic E-state index is -1.26. The summed E-state index contributed by atoms with van der Waals surface area (Å²) in [5.41, 5.74) is -1.65. The summed E-state index contributed by atoms with van der Waals surface area (Å²) >= 11 is 1.93. The summed E-state index contributed by atoms with van der Waals surface area (Å²) in [5.74, 6) is -3.61. The summed E-state index contributed by atoms with van der Waals surface area (Å²) in [4.78, 5) is 14.4. The number of aliphatic hydroxyl groups is 1. The van der Waals surface area contributed by atoms with E-state index in [1.54, 1.807) is 6.07 Å². The molecule has 0 saturated carbocycles. The number of carbonyl (C=O) groups is 1. The molecule has 0 unspecified atom stereocenters. The first kappa shape index (κ1) is 24.1. The van der Waals surface area contributed by atoms with E-state index in [4.69, 9.17) is 0 Å². The highest BCUT2D eigenvalue weighted by Gasteiger charge is 2.49. The number of nitrogens with one attached hydrogen (secondary N) is 2. The topological polar surface area (TPSA) is 64.6 Å². The number of rotatable bonds is 4. The van der Waals surface area contributed by atoms with Crippen molar-refractivity contribution in [3.8, 4) is 0 Å². The highest BCUT2D eigenvalue weighted by Crippen LogP contribution is 2.34. The maximum atomic E-state index is 14.6. The van der Waals surface area contributed by atoms with Gasteiger partial charge in [0.25, 0.3) is 5.91 Å². The molecule has 1 atom stereocenters. The van der Waals surface area contributed by atoms with E-state index in [1.807, 2.05) is 22.6 Å². The van der Waals surface area contributed by atoms with Crippen LogP contribution >= 0.6 is 35.0 Å². The lowest BCUT2D eigenvalue weighted by molar-refractivity contribution is -0.108. The van der Waals surface area contributed by atoms with Gasteiger partial charge in [0.05, 0.1) is 30.0 Å². The van der Waals surface area contributed by atoms with Gasteiger partial charge >= 0.3 is 0 Å². The molecular formula is C21H22ClF3IN3O2. The number of hydrogen-bond acceptors (Lipinski definition) is 4. The molecule has 2 aliphatic heterocycles. The largest absolute Gasteiger partial charge is 0.385 e. The number of nitrogens with zero attached hydrogens (tertiary/aromatic N) is 1. The number of hydrogen-bond donors (Lipinski definition) is 3. The van der Waals surface area contributed by atoms with Gasteiger partial charge in [-0.15, -0.1) is 12.4 Å². The van der Waals surface area contributed by atoms with Gasteiger partial charge in [-0.05, 0) is 72.3 Å². The molecule has 5 nitrogen and oxygen atoms in total. The van der Waals surface area contributed by atoms with Gasteiger partial charge in [0.2, 0.25) is 0 Å². The van der Waals surface area contributed by atoms with Crippen LogP contribution < -0.4 is 10.6 Å². The van der Waals surface area contributed by atoms with Gasteiger partial charge in [-0.2, -0.15) is 0 Å². The van der Waals surface area contributed by atoms with Gasteiger partial charge in [0, 0.05) is 9.61 Å². The Balaban J connectivity index is 0.00000272. The van der Waals surface area contributed by atoms with Crippen molar-refractivity contribution in [2.45, 2.75) is 30.9 Å². The van der Waals surface area contributed by atoms with Crippen LogP contribution in [0, 0.1) is 21.0 Å². The smallest absolute Gasteiger partial charge is 0.256 e. The first-order chi connectivity index (χ1) is 14.3. The van der Waals surface area contributed by atoms with E-state index >= 15 is 0 Å². The predicted octanol–water partition coefficient (Wildman–Crippen LogP) is 4.20. The lowest BCUT2D eigenvalue weighted by atomic mass is 9.81. The minimum absolute atomic E-state index is 0. The average Bonchev–Trinajstić information content (AvgIpc) is 2.71. The predicted molar refractivity (Wildman–Crippen MR) is 123 cm³/mol. The maximum absolute atomic E-state index is 14.6. The molecule has 0 aromatic heterocycles. The fraction of sp³-hybridized carbons (Fsp3) is 0.381. The molecule has 0 bridgehead atoms. The zero-order chi connectivity index (χ0) is 21.5. The van der Waals surface area contributed by atoms with E-state index in [1.165, 1.54) is 23.1 Å². The molecule has 2 aromatic carbocycles. The van der Waals surface area contributed by atoms with Crippen LogP contribution in [-0.4, -0.2) is 47.2 Å². The molecule has 2 aliphatic rings. The summed E-state index contributed by atoms with van der Waals surface area (Å²) in [6.07, 6.45) is 2.88. The monoisotopic (exact) mass is 567 g/mol. The van der Waals surface area contributed by atoms with Crippen LogP contribution in [0.3, 0.4) is 0 Å². The van der Waals surface area contributed by atoms with E-state index in [0.29, 0.717) is 3.57 Å². The van der Waals surface area contributed by atoms with Gasteiger partial charge in [-0.25, -0.2) is 13.2 Å². The lowest BCUT2D eigenvalue weighted by Crippen LogP contribution is -2.72. The Morgan fingerprint density at radius 3 is 2.55 bits per heavy atom. The van der Waals surface area contributed by atoms with Crippen LogP contribution in [-0.2, 0) is 0 Å². The average molecular weight is 568 g/mol. The molecule has 1 amide bonds. The molecule has 2 heterocycles. The minimum Gasteiger partial charge on any atom is -0.385 e. The Bertz CT molecular complexity index is 983.